The first-order chi connectivity index (χ1) is 10.2. The van der Waals surface area contributed by atoms with Crippen molar-refractivity contribution in [2.24, 2.45) is 5.92 Å². The van der Waals surface area contributed by atoms with Crippen LogP contribution in [0.25, 0.3) is 0 Å². The van der Waals surface area contributed by atoms with Crippen LogP contribution in [-0.2, 0) is 24.3 Å². The van der Waals surface area contributed by atoms with Gasteiger partial charge in [0.25, 0.3) is 0 Å². The smallest absolute Gasteiger partial charge is 0.303 e. The van der Waals surface area contributed by atoms with Crippen LogP contribution in [0.4, 0.5) is 0 Å². The summed E-state index contributed by atoms with van der Waals surface area (Å²) in [5.74, 6) is -1.20. The molecule has 1 spiro atoms. The number of rotatable bonds is 6. The van der Waals surface area contributed by atoms with Crippen LogP contribution in [0.3, 0.4) is 0 Å². The van der Waals surface area contributed by atoms with Crippen LogP contribution >= 0.6 is 0 Å². The van der Waals surface area contributed by atoms with Crippen LogP contribution in [0.5, 0.6) is 0 Å². The van der Waals surface area contributed by atoms with Crippen LogP contribution in [-0.4, -0.2) is 30.1 Å². The first-order valence-corrected chi connectivity index (χ1v) is 8.03. The summed E-state index contributed by atoms with van der Waals surface area (Å²) < 4.78 is 0. The molecule has 21 heavy (non-hydrogen) atoms. The van der Waals surface area contributed by atoms with E-state index in [0.717, 1.165) is 51.4 Å². The number of carboxylic acid groups (broad SMARTS) is 1. The van der Waals surface area contributed by atoms with E-state index < -0.39 is 11.8 Å². The molecule has 0 atom stereocenters. The zero-order valence-corrected chi connectivity index (χ0v) is 12.6. The normalized spacial score (nSPS) is 23.6. The fourth-order valence-electron chi connectivity index (χ4n) is 2.85. The van der Waals surface area contributed by atoms with Crippen LogP contribution < -0.4 is 0 Å². The van der Waals surface area contributed by atoms with Crippen molar-refractivity contribution in [3.8, 4) is 0 Å². The first-order valence-electron chi connectivity index (χ1n) is 8.03. The summed E-state index contributed by atoms with van der Waals surface area (Å²) in [5, 5.41) is 8.58. The van der Waals surface area contributed by atoms with E-state index >= 15 is 0 Å². The molecule has 2 aliphatic rings. The topological polar surface area (TPSA) is 74.2 Å². The molecule has 1 aliphatic heterocycles. The Hall–Kier alpha value is -0.690. The van der Waals surface area contributed by atoms with Gasteiger partial charge in [-0.3, -0.25) is 4.79 Å². The minimum Gasteiger partial charge on any atom is -0.481 e. The third kappa shape index (κ3) is 5.90. The molecule has 2 fully saturated rings. The lowest BCUT2D eigenvalue weighted by Gasteiger charge is -2.36. The van der Waals surface area contributed by atoms with Gasteiger partial charge in [0.1, 0.15) is 0 Å². The van der Waals surface area contributed by atoms with Crippen molar-refractivity contribution in [3.05, 3.63) is 0 Å². The molecule has 0 aromatic carbocycles. The SMILES string of the molecule is O=C(O)CCCCCC1COOC2(CCCCC2)OOC1. The Morgan fingerprint density at radius 2 is 1.67 bits per heavy atom. The van der Waals surface area contributed by atoms with E-state index in [2.05, 4.69) is 0 Å². The lowest BCUT2D eigenvalue weighted by atomic mass is 9.94. The van der Waals surface area contributed by atoms with E-state index in [1.165, 1.54) is 6.42 Å². The average Bonchev–Trinajstić information content (AvgIpc) is 2.45. The second kappa shape index (κ2) is 8.68. The molecule has 0 bridgehead atoms. The van der Waals surface area contributed by atoms with Gasteiger partial charge in [-0.2, -0.15) is 9.78 Å². The molecular weight excluding hydrogens is 276 g/mol. The van der Waals surface area contributed by atoms with Gasteiger partial charge in [0, 0.05) is 25.2 Å². The largest absolute Gasteiger partial charge is 0.481 e. The number of hydrogen-bond acceptors (Lipinski definition) is 5. The molecule has 2 rings (SSSR count). The summed E-state index contributed by atoms with van der Waals surface area (Å²) >= 11 is 0. The zero-order valence-electron chi connectivity index (χ0n) is 12.6. The Kier molecular flexibility index (Phi) is 6.89. The zero-order chi connectivity index (χ0) is 15.0. The molecule has 0 unspecified atom stereocenters. The summed E-state index contributed by atoms with van der Waals surface area (Å²) in [5.41, 5.74) is 0. The van der Waals surface area contributed by atoms with E-state index in [4.69, 9.17) is 24.7 Å². The molecule has 1 N–H and O–H groups in total. The predicted molar refractivity (Wildman–Crippen MR) is 74.1 cm³/mol. The summed E-state index contributed by atoms with van der Waals surface area (Å²) in [6.45, 7) is 1.01. The maximum atomic E-state index is 10.4. The Morgan fingerprint density at radius 3 is 2.29 bits per heavy atom. The molecule has 0 aromatic rings. The van der Waals surface area contributed by atoms with Crippen LogP contribution in [0.2, 0.25) is 0 Å². The molecule has 6 nitrogen and oxygen atoms in total. The van der Waals surface area contributed by atoms with Crippen molar-refractivity contribution in [1.29, 1.82) is 0 Å². The number of carboxylic acids is 1. The molecule has 0 amide bonds. The Labute approximate surface area is 125 Å². The minimum atomic E-state index is -0.729. The third-order valence-corrected chi connectivity index (χ3v) is 4.15. The van der Waals surface area contributed by atoms with E-state index in [9.17, 15) is 4.79 Å². The first kappa shape index (κ1) is 16.7. The Morgan fingerprint density at radius 1 is 1.00 bits per heavy atom. The molecule has 6 heteroatoms. The number of aliphatic carboxylic acids is 1. The van der Waals surface area contributed by atoms with Gasteiger partial charge >= 0.3 is 5.97 Å². The van der Waals surface area contributed by atoms with Crippen molar-refractivity contribution in [3.63, 3.8) is 0 Å². The lowest BCUT2D eigenvalue weighted by molar-refractivity contribution is -0.533. The summed E-state index contributed by atoms with van der Waals surface area (Å²) in [6.07, 6.45) is 8.74. The Bertz CT molecular complexity index is 301. The quantitative estimate of drug-likeness (QED) is 0.600. The monoisotopic (exact) mass is 302 g/mol. The van der Waals surface area contributed by atoms with Gasteiger partial charge in [-0.05, 0) is 25.7 Å². The highest BCUT2D eigenvalue weighted by atomic mass is 17.3. The fraction of sp³-hybridized carbons (Fsp3) is 0.933. The van der Waals surface area contributed by atoms with Crippen molar-refractivity contribution in [1.82, 2.24) is 0 Å². The molecule has 1 saturated heterocycles. The maximum absolute atomic E-state index is 10.4. The highest BCUT2D eigenvalue weighted by Gasteiger charge is 2.38. The molecule has 1 aliphatic carbocycles. The predicted octanol–water partition coefficient (Wildman–Crippen LogP) is 3.21. The van der Waals surface area contributed by atoms with Crippen LogP contribution in [0.15, 0.2) is 0 Å². The number of hydrogen-bond donors (Lipinski definition) is 1. The lowest BCUT2D eigenvalue weighted by Crippen LogP contribution is -2.41. The fourth-order valence-corrected chi connectivity index (χ4v) is 2.85. The second-order valence-corrected chi connectivity index (χ2v) is 6.07. The standard InChI is InChI=1S/C15H26O6/c16-14(17)8-4-1-3-7-13-11-18-20-15(21-19-12-13)9-5-2-6-10-15/h13H,1-12H2,(H,16,17). The molecule has 1 saturated carbocycles. The molecule has 1 heterocycles. The van der Waals surface area contributed by atoms with Crippen LogP contribution in [0.1, 0.15) is 64.2 Å². The number of unbranched alkanes of at least 4 members (excludes halogenated alkanes) is 2. The van der Waals surface area contributed by atoms with E-state index in [0.29, 0.717) is 13.2 Å². The van der Waals surface area contributed by atoms with Crippen LogP contribution in [0, 0.1) is 5.92 Å². The van der Waals surface area contributed by atoms with Gasteiger partial charge in [0.2, 0.25) is 5.79 Å². The third-order valence-electron chi connectivity index (χ3n) is 4.15. The van der Waals surface area contributed by atoms with Crippen molar-refractivity contribution in [2.75, 3.05) is 13.2 Å². The van der Waals surface area contributed by atoms with E-state index in [1.807, 2.05) is 0 Å². The highest BCUT2D eigenvalue weighted by molar-refractivity contribution is 5.66. The molecule has 0 radical (unpaired) electrons. The van der Waals surface area contributed by atoms with Crippen molar-refractivity contribution < 1.29 is 29.5 Å². The van der Waals surface area contributed by atoms with Crippen molar-refractivity contribution >= 4 is 5.97 Å². The second-order valence-electron chi connectivity index (χ2n) is 6.07. The summed E-state index contributed by atoms with van der Waals surface area (Å²) in [7, 11) is 0. The summed E-state index contributed by atoms with van der Waals surface area (Å²) in [6, 6.07) is 0. The van der Waals surface area contributed by atoms with Gasteiger partial charge in [-0.15, -0.1) is 0 Å². The minimum absolute atomic E-state index is 0.232. The van der Waals surface area contributed by atoms with E-state index in [-0.39, 0.29) is 12.3 Å². The highest BCUT2D eigenvalue weighted by Crippen LogP contribution is 2.34. The van der Waals surface area contributed by atoms with Gasteiger partial charge in [0.15, 0.2) is 0 Å². The molecular formula is C15H26O6. The maximum Gasteiger partial charge on any atom is 0.303 e. The van der Waals surface area contributed by atoms with E-state index in [1.54, 1.807) is 0 Å². The molecule has 122 valence electrons. The number of carbonyl (C=O) groups is 1. The average molecular weight is 302 g/mol. The van der Waals surface area contributed by atoms with Gasteiger partial charge in [0.05, 0.1) is 13.2 Å². The van der Waals surface area contributed by atoms with Crippen molar-refractivity contribution in [2.45, 2.75) is 70.0 Å². The van der Waals surface area contributed by atoms with Gasteiger partial charge < -0.3 is 5.11 Å². The Balaban J connectivity index is 1.62. The molecule has 0 aromatic heterocycles. The van der Waals surface area contributed by atoms with Gasteiger partial charge in [-0.1, -0.05) is 19.3 Å². The summed E-state index contributed by atoms with van der Waals surface area (Å²) in [4.78, 5) is 32.1. The van der Waals surface area contributed by atoms with Gasteiger partial charge in [-0.25, -0.2) is 9.78 Å².